The van der Waals surface area contributed by atoms with Crippen LogP contribution in [0.3, 0.4) is 0 Å². The monoisotopic (exact) mass is 207 g/mol. The summed E-state index contributed by atoms with van der Waals surface area (Å²) in [4.78, 5) is 10.8. The van der Waals surface area contributed by atoms with E-state index in [9.17, 15) is 4.79 Å². The number of nitrogens with zero attached hydrogens (tertiary/aromatic N) is 1. The van der Waals surface area contributed by atoms with Crippen LogP contribution >= 0.6 is 11.8 Å². The smallest absolute Gasteiger partial charge is 0.335 e. The van der Waals surface area contributed by atoms with Crippen LogP contribution in [-0.2, 0) is 5.75 Å². The minimum atomic E-state index is -0.918. The second-order valence-corrected chi connectivity index (χ2v) is 3.60. The van der Waals surface area contributed by atoms with E-state index in [2.05, 4.69) is 0 Å². The molecule has 0 aliphatic heterocycles. The lowest BCUT2D eigenvalue weighted by Crippen LogP contribution is -2.00. The van der Waals surface area contributed by atoms with Crippen molar-refractivity contribution in [2.24, 2.45) is 0 Å². The first-order valence-electron chi connectivity index (χ1n) is 4.01. The number of carboxylic acid groups (broad SMARTS) is 1. The minimum Gasteiger partial charge on any atom is -0.478 e. The average molecular weight is 207 g/mol. The molecule has 0 heterocycles. The van der Waals surface area contributed by atoms with Crippen molar-refractivity contribution in [3.63, 3.8) is 0 Å². The number of thioether (sulfide) groups is 1. The number of nitriles is 1. The van der Waals surface area contributed by atoms with Crippen molar-refractivity contribution >= 4 is 17.7 Å². The summed E-state index contributed by atoms with van der Waals surface area (Å²) < 4.78 is 0. The summed E-state index contributed by atoms with van der Waals surface area (Å²) in [6.07, 6.45) is 0. The maximum atomic E-state index is 10.8. The highest BCUT2D eigenvalue weighted by atomic mass is 32.2. The third-order valence-electron chi connectivity index (χ3n) is 1.67. The molecule has 0 fully saturated rings. The lowest BCUT2D eigenvalue weighted by Gasteiger charge is -2.03. The summed E-state index contributed by atoms with van der Waals surface area (Å²) in [6.45, 7) is 0. The molecule has 1 rings (SSSR count). The Labute approximate surface area is 86.4 Å². The predicted octanol–water partition coefficient (Wildman–Crippen LogP) is 2.14. The average Bonchev–Trinajstić information content (AvgIpc) is 2.19. The van der Waals surface area contributed by atoms with Crippen LogP contribution in [-0.4, -0.2) is 16.8 Å². The molecule has 1 N–H and O–H groups in total. The molecular formula is C10H9NO2S. The van der Waals surface area contributed by atoms with Gasteiger partial charge < -0.3 is 5.11 Å². The van der Waals surface area contributed by atoms with Gasteiger partial charge in [-0.1, -0.05) is 18.2 Å². The van der Waals surface area contributed by atoms with Crippen LogP contribution < -0.4 is 0 Å². The van der Waals surface area contributed by atoms with Crippen molar-refractivity contribution < 1.29 is 9.90 Å². The van der Waals surface area contributed by atoms with Crippen molar-refractivity contribution in [2.75, 3.05) is 5.75 Å². The molecule has 0 aliphatic rings. The largest absolute Gasteiger partial charge is 0.478 e. The molecule has 0 bridgehead atoms. The Bertz CT molecular complexity index is 371. The highest BCUT2D eigenvalue weighted by Crippen LogP contribution is 2.16. The second kappa shape index (κ2) is 5.30. The molecule has 0 saturated carbocycles. The van der Waals surface area contributed by atoms with Crippen LogP contribution in [0.25, 0.3) is 0 Å². The van der Waals surface area contributed by atoms with E-state index < -0.39 is 5.97 Å². The lowest BCUT2D eigenvalue weighted by molar-refractivity contribution is 0.0696. The zero-order chi connectivity index (χ0) is 10.4. The van der Waals surface area contributed by atoms with E-state index in [1.807, 2.05) is 6.07 Å². The number of carbonyl (C=O) groups is 1. The summed E-state index contributed by atoms with van der Waals surface area (Å²) in [5.74, 6) is 0.0300. The Balaban J connectivity index is 2.75. The molecule has 3 nitrogen and oxygen atoms in total. The van der Waals surface area contributed by atoms with Gasteiger partial charge >= 0.3 is 5.97 Å². The molecule has 1 aromatic rings. The SMILES string of the molecule is N#CCSCc1ccccc1C(=O)O. The van der Waals surface area contributed by atoms with Crippen LogP contribution in [0.4, 0.5) is 0 Å². The molecule has 0 radical (unpaired) electrons. The Hall–Kier alpha value is -1.47. The Morgan fingerprint density at radius 2 is 2.21 bits per heavy atom. The van der Waals surface area contributed by atoms with E-state index in [1.165, 1.54) is 11.8 Å². The zero-order valence-corrected chi connectivity index (χ0v) is 8.25. The number of hydrogen-bond donors (Lipinski definition) is 1. The predicted molar refractivity (Wildman–Crippen MR) is 55.2 cm³/mol. The quantitative estimate of drug-likeness (QED) is 0.768. The third kappa shape index (κ3) is 2.79. The van der Waals surface area contributed by atoms with Gasteiger partial charge in [-0.05, 0) is 11.6 Å². The Kier molecular flexibility index (Phi) is 4.02. The fraction of sp³-hybridized carbons (Fsp3) is 0.200. The Morgan fingerprint density at radius 1 is 1.50 bits per heavy atom. The van der Waals surface area contributed by atoms with Crippen LogP contribution in [0.1, 0.15) is 15.9 Å². The van der Waals surface area contributed by atoms with Crippen molar-refractivity contribution in [3.05, 3.63) is 35.4 Å². The van der Waals surface area contributed by atoms with Crippen molar-refractivity contribution in [3.8, 4) is 6.07 Å². The van der Waals surface area contributed by atoms with Gasteiger partial charge in [0.2, 0.25) is 0 Å². The molecule has 14 heavy (non-hydrogen) atoms. The van der Waals surface area contributed by atoms with Crippen LogP contribution in [0.2, 0.25) is 0 Å². The van der Waals surface area contributed by atoms with Crippen LogP contribution in [0.15, 0.2) is 24.3 Å². The zero-order valence-electron chi connectivity index (χ0n) is 7.43. The number of rotatable bonds is 4. The van der Waals surface area contributed by atoms with E-state index in [-0.39, 0.29) is 0 Å². The minimum absolute atomic E-state index is 0.318. The van der Waals surface area contributed by atoms with Crippen molar-refractivity contribution in [1.82, 2.24) is 0 Å². The Morgan fingerprint density at radius 3 is 2.86 bits per heavy atom. The van der Waals surface area contributed by atoms with Gasteiger partial charge in [-0.15, -0.1) is 11.8 Å². The van der Waals surface area contributed by atoms with Crippen LogP contribution in [0.5, 0.6) is 0 Å². The molecule has 0 aliphatic carbocycles. The topological polar surface area (TPSA) is 61.1 Å². The fourth-order valence-electron chi connectivity index (χ4n) is 1.06. The first kappa shape index (κ1) is 10.6. The maximum Gasteiger partial charge on any atom is 0.335 e. The number of carboxylic acids is 1. The van der Waals surface area contributed by atoms with E-state index in [0.29, 0.717) is 17.1 Å². The summed E-state index contributed by atoms with van der Waals surface area (Å²) >= 11 is 1.41. The standard InChI is InChI=1S/C10H9NO2S/c11-5-6-14-7-8-3-1-2-4-9(8)10(12)13/h1-4H,6-7H2,(H,12,13). The molecular weight excluding hydrogens is 198 g/mol. The van der Waals surface area contributed by atoms with Crippen molar-refractivity contribution in [2.45, 2.75) is 5.75 Å². The molecule has 0 unspecified atom stereocenters. The van der Waals surface area contributed by atoms with Gasteiger partial charge in [0.15, 0.2) is 0 Å². The molecule has 1 aromatic carbocycles. The normalized spacial score (nSPS) is 9.36. The lowest BCUT2D eigenvalue weighted by atomic mass is 10.1. The van der Waals surface area contributed by atoms with E-state index in [4.69, 9.17) is 10.4 Å². The molecule has 72 valence electrons. The number of hydrogen-bond acceptors (Lipinski definition) is 3. The van der Waals surface area contributed by atoms with Gasteiger partial charge in [0.05, 0.1) is 17.4 Å². The number of benzene rings is 1. The summed E-state index contributed by atoms with van der Waals surface area (Å²) in [5.41, 5.74) is 1.08. The molecule has 0 spiro atoms. The third-order valence-corrected chi connectivity index (χ3v) is 2.52. The molecule has 0 saturated heterocycles. The van der Waals surface area contributed by atoms with Gasteiger partial charge in [-0.3, -0.25) is 0 Å². The van der Waals surface area contributed by atoms with Gasteiger partial charge in [0, 0.05) is 5.75 Å². The first-order chi connectivity index (χ1) is 6.75. The highest BCUT2D eigenvalue weighted by Gasteiger charge is 2.07. The van der Waals surface area contributed by atoms with Crippen LogP contribution in [0, 0.1) is 11.3 Å². The van der Waals surface area contributed by atoms with E-state index in [0.717, 1.165) is 5.56 Å². The highest BCUT2D eigenvalue weighted by molar-refractivity contribution is 7.98. The van der Waals surface area contributed by atoms with Gasteiger partial charge in [-0.25, -0.2) is 4.79 Å². The first-order valence-corrected chi connectivity index (χ1v) is 5.17. The maximum absolute atomic E-state index is 10.8. The van der Waals surface area contributed by atoms with Gasteiger partial charge in [0.1, 0.15) is 0 Å². The fourth-order valence-corrected chi connectivity index (χ4v) is 1.73. The summed E-state index contributed by atoms with van der Waals surface area (Å²) in [6, 6.07) is 8.84. The molecule has 0 atom stereocenters. The van der Waals surface area contributed by atoms with Gasteiger partial charge in [0.25, 0.3) is 0 Å². The van der Waals surface area contributed by atoms with Crippen molar-refractivity contribution in [1.29, 1.82) is 5.26 Å². The summed E-state index contributed by atoms with van der Waals surface area (Å²) in [7, 11) is 0. The molecule has 4 heteroatoms. The number of aromatic carboxylic acids is 1. The molecule has 0 amide bonds. The molecule has 0 aromatic heterocycles. The van der Waals surface area contributed by atoms with Gasteiger partial charge in [-0.2, -0.15) is 5.26 Å². The summed E-state index contributed by atoms with van der Waals surface area (Å²) in [5, 5.41) is 17.2. The second-order valence-electron chi connectivity index (χ2n) is 2.61. The van der Waals surface area contributed by atoms with E-state index in [1.54, 1.807) is 24.3 Å². The van der Waals surface area contributed by atoms with E-state index >= 15 is 0 Å².